The van der Waals surface area contributed by atoms with E-state index in [1.165, 1.54) is 32.4 Å². The van der Waals surface area contributed by atoms with Gasteiger partial charge < -0.3 is 14.8 Å². The Labute approximate surface area is 126 Å². The van der Waals surface area contributed by atoms with Crippen LogP contribution in [0.1, 0.15) is 44.6 Å². The number of hydrogen-bond acceptors (Lipinski definition) is 3. The summed E-state index contributed by atoms with van der Waals surface area (Å²) in [5.74, 6) is -0.0488. The standard InChI is InChI=1S/C17H26FNO2/c1-3-10-19-14-5-7-15(8-6-14)21-12-13-4-9-17(20-2)16(18)11-13/h4,9,11,14-15,19H,3,5-8,10,12H2,1-2H3. The molecule has 21 heavy (non-hydrogen) atoms. The monoisotopic (exact) mass is 295 g/mol. The number of hydrogen-bond donors (Lipinski definition) is 1. The molecular weight excluding hydrogens is 269 g/mol. The molecular formula is C17H26FNO2. The molecule has 0 aromatic heterocycles. The Morgan fingerprint density at radius 1 is 1.24 bits per heavy atom. The third kappa shape index (κ3) is 4.97. The van der Waals surface area contributed by atoms with E-state index >= 15 is 0 Å². The molecule has 1 aromatic rings. The maximum absolute atomic E-state index is 13.6. The second kappa shape index (κ2) is 8.35. The van der Waals surface area contributed by atoms with Crippen LogP contribution in [0.3, 0.4) is 0 Å². The number of halogens is 1. The van der Waals surface area contributed by atoms with Gasteiger partial charge in [-0.25, -0.2) is 4.39 Å². The van der Waals surface area contributed by atoms with E-state index < -0.39 is 0 Å². The molecule has 2 rings (SSSR count). The minimum atomic E-state index is -0.328. The molecule has 0 spiro atoms. The highest BCUT2D eigenvalue weighted by atomic mass is 19.1. The van der Waals surface area contributed by atoms with Crippen LogP contribution >= 0.6 is 0 Å². The average Bonchev–Trinajstić information content (AvgIpc) is 2.52. The molecule has 0 unspecified atom stereocenters. The highest BCUT2D eigenvalue weighted by Gasteiger charge is 2.21. The molecule has 1 N–H and O–H groups in total. The number of ether oxygens (including phenoxy) is 2. The van der Waals surface area contributed by atoms with E-state index in [0.717, 1.165) is 24.9 Å². The molecule has 1 aliphatic carbocycles. The molecule has 0 aliphatic heterocycles. The Morgan fingerprint density at radius 2 is 2.00 bits per heavy atom. The van der Waals surface area contributed by atoms with Crippen molar-refractivity contribution in [2.45, 2.75) is 57.8 Å². The van der Waals surface area contributed by atoms with Crippen LogP contribution in [-0.2, 0) is 11.3 Å². The van der Waals surface area contributed by atoms with Crippen LogP contribution in [0.2, 0.25) is 0 Å². The van der Waals surface area contributed by atoms with E-state index in [9.17, 15) is 4.39 Å². The summed E-state index contributed by atoms with van der Waals surface area (Å²) >= 11 is 0. The number of nitrogens with one attached hydrogen (secondary N) is 1. The van der Waals surface area contributed by atoms with E-state index in [4.69, 9.17) is 9.47 Å². The fourth-order valence-corrected chi connectivity index (χ4v) is 2.80. The third-order valence-corrected chi connectivity index (χ3v) is 4.06. The molecule has 1 fully saturated rings. The summed E-state index contributed by atoms with van der Waals surface area (Å²) in [5.41, 5.74) is 0.861. The van der Waals surface area contributed by atoms with Crippen molar-refractivity contribution in [2.75, 3.05) is 13.7 Å². The molecule has 1 saturated carbocycles. The first-order valence-electron chi connectivity index (χ1n) is 7.90. The van der Waals surface area contributed by atoms with E-state index in [-0.39, 0.29) is 11.6 Å². The van der Waals surface area contributed by atoms with Crippen molar-refractivity contribution in [3.8, 4) is 5.75 Å². The van der Waals surface area contributed by atoms with Gasteiger partial charge in [0.1, 0.15) is 0 Å². The van der Waals surface area contributed by atoms with Crippen molar-refractivity contribution in [1.29, 1.82) is 0 Å². The minimum Gasteiger partial charge on any atom is -0.494 e. The Kier molecular flexibility index (Phi) is 6.46. The molecule has 0 bridgehead atoms. The summed E-state index contributed by atoms with van der Waals surface area (Å²) in [6, 6.07) is 5.65. The Morgan fingerprint density at radius 3 is 2.62 bits per heavy atom. The molecule has 1 aliphatic rings. The van der Waals surface area contributed by atoms with Crippen molar-refractivity contribution in [3.05, 3.63) is 29.6 Å². The zero-order valence-electron chi connectivity index (χ0n) is 13.0. The number of benzene rings is 1. The molecule has 0 saturated heterocycles. The fourth-order valence-electron chi connectivity index (χ4n) is 2.80. The lowest BCUT2D eigenvalue weighted by Crippen LogP contribution is -2.35. The highest BCUT2D eigenvalue weighted by Crippen LogP contribution is 2.23. The summed E-state index contributed by atoms with van der Waals surface area (Å²) < 4.78 is 24.4. The van der Waals surface area contributed by atoms with Crippen LogP contribution in [-0.4, -0.2) is 25.8 Å². The summed E-state index contributed by atoms with van der Waals surface area (Å²) in [7, 11) is 1.47. The largest absolute Gasteiger partial charge is 0.494 e. The second-order valence-corrected chi connectivity index (χ2v) is 5.71. The van der Waals surface area contributed by atoms with Crippen molar-refractivity contribution >= 4 is 0 Å². The first-order valence-corrected chi connectivity index (χ1v) is 7.90. The lowest BCUT2D eigenvalue weighted by atomic mass is 9.93. The molecule has 0 atom stereocenters. The lowest BCUT2D eigenvalue weighted by Gasteiger charge is -2.29. The molecule has 0 heterocycles. The van der Waals surface area contributed by atoms with Gasteiger partial charge in [-0.1, -0.05) is 13.0 Å². The maximum Gasteiger partial charge on any atom is 0.165 e. The minimum absolute atomic E-state index is 0.279. The molecule has 0 amide bonds. The van der Waals surface area contributed by atoms with Gasteiger partial charge in [0.15, 0.2) is 11.6 Å². The van der Waals surface area contributed by atoms with Crippen LogP contribution in [0.15, 0.2) is 18.2 Å². The van der Waals surface area contributed by atoms with Crippen LogP contribution in [0.5, 0.6) is 5.75 Å². The van der Waals surface area contributed by atoms with Crippen molar-refractivity contribution in [2.24, 2.45) is 0 Å². The van der Waals surface area contributed by atoms with Crippen LogP contribution in [0.4, 0.5) is 4.39 Å². The third-order valence-electron chi connectivity index (χ3n) is 4.06. The first-order chi connectivity index (χ1) is 10.2. The van der Waals surface area contributed by atoms with Gasteiger partial charge in [0, 0.05) is 6.04 Å². The summed E-state index contributed by atoms with van der Waals surface area (Å²) in [4.78, 5) is 0. The molecule has 0 radical (unpaired) electrons. The van der Waals surface area contributed by atoms with Gasteiger partial charge in [0.25, 0.3) is 0 Å². The molecule has 3 nitrogen and oxygen atoms in total. The highest BCUT2D eigenvalue weighted by molar-refractivity contribution is 5.28. The lowest BCUT2D eigenvalue weighted by molar-refractivity contribution is 0.0112. The molecule has 4 heteroatoms. The average molecular weight is 295 g/mol. The fraction of sp³-hybridized carbons (Fsp3) is 0.647. The Balaban J connectivity index is 1.73. The first kappa shape index (κ1) is 16.2. The molecule has 118 valence electrons. The van der Waals surface area contributed by atoms with Gasteiger partial charge in [0.05, 0.1) is 19.8 Å². The summed E-state index contributed by atoms with van der Waals surface area (Å²) in [5, 5.41) is 3.57. The van der Waals surface area contributed by atoms with E-state index in [1.54, 1.807) is 6.07 Å². The van der Waals surface area contributed by atoms with Gasteiger partial charge >= 0.3 is 0 Å². The predicted octanol–water partition coefficient (Wildman–Crippen LogP) is 3.66. The quantitative estimate of drug-likeness (QED) is 0.832. The van der Waals surface area contributed by atoms with Crippen LogP contribution in [0.25, 0.3) is 0 Å². The number of rotatable bonds is 7. The van der Waals surface area contributed by atoms with Crippen molar-refractivity contribution < 1.29 is 13.9 Å². The predicted molar refractivity (Wildman–Crippen MR) is 82.1 cm³/mol. The van der Waals surface area contributed by atoms with E-state index in [0.29, 0.717) is 18.8 Å². The Bertz CT molecular complexity index is 431. The smallest absolute Gasteiger partial charge is 0.165 e. The van der Waals surface area contributed by atoms with Crippen molar-refractivity contribution in [3.63, 3.8) is 0 Å². The van der Waals surface area contributed by atoms with Gasteiger partial charge in [-0.05, 0) is 56.3 Å². The van der Waals surface area contributed by atoms with Gasteiger partial charge in [-0.2, -0.15) is 0 Å². The molecule has 1 aromatic carbocycles. The zero-order chi connectivity index (χ0) is 15.1. The topological polar surface area (TPSA) is 30.5 Å². The summed E-state index contributed by atoms with van der Waals surface area (Å²) in [6.07, 6.45) is 5.98. The normalized spacial score (nSPS) is 22.2. The Hall–Kier alpha value is -1.13. The van der Waals surface area contributed by atoms with Crippen LogP contribution < -0.4 is 10.1 Å². The number of methoxy groups -OCH3 is 1. The van der Waals surface area contributed by atoms with Gasteiger partial charge in [-0.15, -0.1) is 0 Å². The SMILES string of the molecule is CCCNC1CCC(OCc2ccc(OC)c(F)c2)CC1. The zero-order valence-corrected chi connectivity index (χ0v) is 13.0. The van der Waals surface area contributed by atoms with Gasteiger partial charge in [-0.3, -0.25) is 0 Å². The van der Waals surface area contributed by atoms with Gasteiger partial charge in [0.2, 0.25) is 0 Å². The second-order valence-electron chi connectivity index (χ2n) is 5.71. The van der Waals surface area contributed by atoms with Crippen molar-refractivity contribution in [1.82, 2.24) is 5.32 Å². The maximum atomic E-state index is 13.6. The van der Waals surface area contributed by atoms with E-state index in [1.807, 2.05) is 6.07 Å². The summed E-state index contributed by atoms with van der Waals surface area (Å²) in [6.45, 7) is 3.76. The van der Waals surface area contributed by atoms with E-state index in [2.05, 4.69) is 12.2 Å². The van der Waals surface area contributed by atoms with Crippen LogP contribution in [0, 0.1) is 5.82 Å².